The van der Waals surface area contributed by atoms with Crippen molar-refractivity contribution < 1.29 is 40.1 Å². The molecule has 0 aliphatic heterocycles. The predicted octanol–water partition coefficient (Wildman–Crippen LogP) is 2.08. The number of rotatable bonds is 4. The minimum Gasteiger partial charge on any atom is -0.462 e. The molecule has 1 N–H and O–H groups in total. The van der Waals surface area contributed by atoms with E-state index in [-0.39, 0.29) is 19.3 Å². The van der Waals surface area contributed by atoms with Crippen LogP contribution in [0.4, 0.5) is 17.6 Å². The van der Waals surface area contributed by atoms with Gasteiger partial charge in [0, 0.05) is 12.8 Å². The zero-order valence-corrected chi connectivity index (χ0v) is 11.7. The monoisotopic (exact) mass is 334 g/mol. The van der Waals surface area contributed by atoms with Crippen LogP contribution in [0.25, 0.3) is 0 Å². The van der Waals surface area contributed by atoms with Gasteiger partial charge in [-0.2, -0.15) is 26.0 Å². The van der Waals surface area contributed by atoms with Crippen LogP contribution in [0.3, 0.4) is 0 Å². The lowest BCUT2D eigenvalue weighted by Crippen LogP contribution is -2.53. The highest BCUT2D eigenvalue weighted by Gasteiger charge is 2.72. The smallest absolute Gasteiger partial charge is 0.431 e. The highest BCUT2D eigenvalue weighted by Crippen LogP contribution is 2.58. The highest BCUT2D eigenvalue weighted by molar-refractivity contribution is 7.87. The Morgan fingerprint density at radius 2 is 1.71 bits per heavy atom. The molecule has 2 aliphatic rings. The minimum atomic E-state index is -6.22. The van der Waals surface area contributed by atoms with Crippen molar-refractivity contribution >= 4 is 16.1 Å². The Hall–Kier alpha value is -0.900. The summed E-state index contributed by atoms with van der Waals surface area (Å²) in [6.07, 6.45) is -0.814. The van der Waals surface area contributed by atoms with Gasteiger partial charge < -0.3 is 4.74 Å². The Kier molecular flexibility index (Phi) is 3.77. The highest BCUT2D eigenvalue weighted by atomic mass is 32.2. The van der Waals surface area contributed by atoms with Crippen molar-refractivity contribution in [3.05, 3.63) is 0 Å². The van der Waals surface area contributed by atoms with Gasteiger partial charge in [0.15, 0.2) is 0 Å². The average molecular weight is 334 g/mol. The van der Waals surface area contributed by atoms with Crippen LogP contribution in [0, 0.1) is 17.8 Å². The van der Waals surface area contributed by atoms with E-state index in [1.165, 1.54) is 0 Å². The van der Waals surface area contributed by atoms with Gasteiger partial charge in [-0.05, 0) is 31.1 Å². The third-order valence-electron chi connectivity index (χ3n) is 4.29. The quantitative estimate of drug-likeness (QED) is 0.484. The van der Waals surface area contributed by atoms with Gasteiger partial charge in [-0.1, -0.05) is 0 Å². The molecule has 4 unspecified atom stereocenters. The summed E-state index contributed by atoms with van der Waals surface area (Å²) >= 11 is 0. The number of fused-ring (bicyclic) bond motifs is 2. The molecule has 0 saturated heterocycles. The zero-order valence-electron chi connectivity index (χ0n) is 10.9. The lowest BCUT2D eigenvalue weighted by molar-refractivity contribution is -0.206. The van der Waals surface area contributed by atoms with E-state index in [4.69, 9.17) is 9.29 Å². The molecule has 2 bridgehead atoms. The maximum atomic E-state index is 13.9. The number of halogens is 4. The second-order valence-electron chi connectivity index (χ2n) is 5.60. The molecule has 0 amide bonds. The fraction of sp³-hybridized carbons (Fsp3) is 0.909. The van der Waals surface area contributed by atoms with Gasteiger partial charge in [0.25, 0.3) is 0 Å². The second kappa shape index (κ2) is 4.80. The van der Waals surface area contributed by atoms with Gasteiger partial charge in [0.2, 0.25) is 0 Å². The summed E-state index contributed by atoms with van der Waals surface area (Å²) in [6.45, 7) is 1.16. The van der Waals surface area contributed by atoms with Gasteiger partial charge in [0.05, 0.1) is 0 Å². The van der Waals surface area contributed by atoms with Gasteiger partial charge >= 0.3 is 27.3 Å². The third-order valence-corrected chi connectivity index (χ3v) is 5.21. The summed E-state index contributed by atoms with van der Waals surface area (Å²) in [4.78, 5) is 10.8. The molecule has 0 heterocycles. The van der Waals surface area contributed by atoms with Crippen LogP contribution in [-0.4, -0.2) is 36.2 Å². The van der Waals surface area contributed by atoms with Gasteiger partial charge in [-0.25, -0.2) is 0 Å². The van der Waals surface area contributed by atoms with Crippen LogP contribution >= 0.6 is 0 Å². The second-order valence-corrected chi connectivity index (χ2v) is 7.06. The molecule has 5 nitrogen and oxygen atoms in total. The van der Waals surface area contributed by atoms with Crippen molar-refractivity contribution in [3.8, 4) is 0 Å². The Morgan fingerprint density at radius 1 is 1.14 bits per heavy atom. The van der Waals surface area contributed by atoms with Crippen LogP contribution in [0.15, 0.2) is 0 Å². The number of hydrogen-bond acceptors (Lipinski definition) is 4. The molecule has 4 atom stereocenters. The normalized spacial score (nSPS) is 33.2. The molecule has 0 spiro atoms. The third kappa shape index (κ3) is 2.52. The number of esters is 1. The number of alkyl halides is 4. The lowest BCUT2D eigenvalue weighted by atomic mass is 9.82. The molecule has 2 saturated carbocycles. The largest absolute Gasteiger partial charge is 0.462 e. The summed E-state index contributed by atoms with van der Waals surface area (Å²) in [5, 5.41) is -5.54. The van der Waals surface area contributed by atoms with Crippen molar-refractivity contribution in [1.29, 1.82) is 0 Å². The van der Waals surface area contributed by atoms with Gasteiger partial charge in [-0.15, -0.1) is 0 Å². The molecule has 122 valence electrons. The molecule has 0 radical (unpaired) electrons. The van der Waals surface area contributed by atoms with Crippen LogP contribution in [0.2, 0.25) is 0 Å². The summed E-state index contributed by atoms with van der Waals surface area (Å²) in [5.41, 5.74) is 0. The van der Waals surface area contributed by atoms with E-state index < -0.39 is 51.1 Å². The van der Waals surface area contributed by atoms with Crippen molar-refractivity contribution in [1.82, 2.24) is 0 Å². The zero-order chi connectivity index (χ0) is 16.2. The first-order valence-electron chi connectivity index (χ1n) is 6.27. The molecule has 0 aromatic heterocycles. The first-order valence-corrected chi connectivity index (χ1v) is 7.71. The number of hydrogen-bond donors (Lipinski definition) is 1. The van der Waals surface area contributed by atoms with Gasteiger partial charge in [-0.3, -0.25) is 9.35 Å². The van der Waals surface area contributed by atoms with E-state index in [0.29, 0.717) is 0 Å². The number of carbonyl (C=O) groups is 1. The molecule has 2 aliphatic carbocycles. The molecule has 0 aromatic carbocycles. The van der Waals surface area contributed by atoms with E-state index in [2.05, 4.69) is 0 Å². The van der Waals surface area contributed by atoms with E-state index >= 15 is 0 Å². The van der Waals surface area contributed by atoms with Crippen molar-refractivity contribution in [3.63, 3.8) is 0 Å². The Balaban J connectivity index is 2.18. The first kappa shape index (κ1) is 16.5. The molecule has 2 rings (SSSR count). The molecule has 21 heavy (non-hydrogen) atoms. The summed E-state index contributed by atoms with van der Waals surface area (Å²) in [6, 6.07) is 0. The predicted molar refractivity (Wildman–Crippen MR) is 61.3 cm³/mol. The van der Waals surface area contributed by atoms with Crippen molar-refractivity contribution in [2.24, 2.45) is 17.8 Å². The molecular weight excluding hydrogens is 320 g/mol. The van der Waals surface area contributed by atoms with Crippen molar-refractivity contribution in [2.75, 3.05) is 0 Å². The number of ether oxygens (including phenoxy) is 1. The van der Waals surface area contributed by atoms with E-state index in [1.807, 2.05) is 0 Å². The summed E-state index contributed by atoms with van der Waals surface area (Å²) in [5.74, 6) is -8.69. The Labute approximate surface area is 118 Å². The standard InChI is InChI=1S/C11H14F4O5S/c1-5(16)20-9-4-6-2-7(9)3-8(6)10(12,13)11(14,15)21(17,18)19/h6-9H,2-4H2,1H3,(H,17,18,19). The fourth-order valence-corrected chi connectivity index (χ4v) is 3.91. The van der Waals surface area contributed by atoms with Crippen LogP contribution in [0.5, 0.6) is 0 Å². The van der Waals surface area contributed by atoms with Gasteiger partial charge in [0.1, 0.15) is 6.10 Å². The molecular formula is C11H14F4O5S. The van der Waals surface area contributed by atoms with Crippen LogP contribution < -0.4 is 0 Å². The topological polar surface area (TPSA) is 80.7 Å². The van der Waals surface area contributed by atoms with E-state index in [0.717, 1.165) is 6.92 Å². The molecule has 10 heteroatoms. The van der Waals surface area contributed by atoms with E-state index in [1.54, 1.807) is 0 Å². The summed E-state index contributed by atoms with van der Waals surface area (Å²) in [7, 11) is -6.22. The number of carbonyl (C=O) groups excluding carboxylic acids is 1. The first-order chi connectivity index (χ1) is 9.38. The maximum Gasteiger partial charge on any atom is 0.431 e. The van der Waals surface area contributed by atoms with E-state index in [9.17, 15) is 30.8 Å². The average Bonchev–Trinajstić information content (AvgIpc) is 2.85. The molecule has 0 aromatic rings. The maximum absolute atomic E-state index is 13.9. The van der Waals surface area contributed by atoms with Crippen LogP contribution in [-0.2, 0) is 19.6 Å². The minimum absolute atomic E-state index is 0.00788. The summed E-state index contributed by atoms with van der Waals surface area (Å²) < 4.78 is 88.7. The lowest BCUT2D eigenvalue weighted by Gasteiger charge is -2.35. The molecule has 2 fully saturated rings. The Morgan fingerprint density at radius 3 is 2.10 bits per heavy atom. The fourth-order valence-electron chi connectivity index (χ4n) is 3.41. The van der Waals surface area contributed by atoms with Crippen molar-refractivity contribution in [2.45, 2.75) is 43.5 Å². The van der Waals surface area contributed by atoms with Crippen LogP contribution in [0.1, 0.15) is 26.2 Å². The Bertz CT molecular complexity index is 547. The SMILES string of the molecule is CC(=O)OC1CC2CC1CC2C(F)(F)C(F)(F)S(=O)(=O)O.